The number of hydrogen-bond acceptors (Lipinski definition) is 4. The smallest absolute Gasteiger partial charge is 0.265 e. The van der Waals surface area contributed by atoms with Gasteiger partial charge in [0.05, 0.1) is 24.8 Å². The molecular weight excluding hydrogens is 204 g/mol. The summed E-state index contributed by atoms with van der Waals surface area (Å²) in [6.07, 6.45) is 0.883. The molecule has 14 heavy (non-hydrogen) atoms. The first-order valence-electron chi connectivity index (χ1n) is 4.56. The average molecular weight is 216 g/mol. The van der Waals surface area contributed by atoms with Gasteiger partial charge in [0.25, 0.3) is 5.91 Å². The molecule has 2 heterocycles. The predicted molar refractivity (Wildman–Crippen MR) is 51.3 cm³/mol. The van der Waals surface area contributed by atoms with Crippen LogP contribution in [-0.2, 0) is 14.4 Å². The quantitative estimate of drug-likeness (QED) is 0.635. The van der Waals surface area contributed by atoms with Crippen LogP contribution in [-0.4, -0.2) is 53.1 Å². The lowest BCUT2D eigenvalue weighted by molar-refractivity contribution is -0.170. The van der Waals surface area contributed by atoms with Crippen molar-refractivity contribution in [1.82, 2.24) is 9.96 Å². The minimum atomic E-state index is -0.113. The maximum atomic E-state index is 11.5. The van der Waals surface area contributed by atoms with Gasteiger partial charge in [0.15, 0.2) is 0 Å². The highest BCUT2D eigenvalue weighted by Crippen LogP contribution is 2.15. The normalized spacial score (nSPS) is 22.1. The fourth-order valence-electron chi connectivity index (χ4n) is 1.43. The maximum Gasteiger partial charge on any atom is 0.265 e. The second kappa shape index (κ2) is 4.18. The molecule has 2 aliphatic rings. The van der Waals surface area contributed by atoms with Gasteiger partial charge in [-0.3, -0.25) is 14.4 Å². The van der Waals surface area contributed by atoms with Crippen LogP contribution in [0.1, 0.15) is 6.42 Å². The van der Waals surface area contributed by atoms with Crippen molar-refractivity contribution < 1.29 is 14.4 Å². The van der Waals surface area contributed by atoms with Gasteiger partial charge in [0, 0.05) is 0 Å². The standard InChI is InChI=1S/C8H12N2O3S/c11-7(10-2-1-3-13-10)4-9-6-14-5-8(9)12/h1-6H2. The molecule has 0 unspecified atom stereocenters. The van der Waals surface area contributed by atoms with Gasteiger partial charge in [0.2, 0.25) is 5.91 Å². The van der Waals surface area contributed by atoms with Crippen molar-refractivity contribution in [2.75, 3.05) is 31.3 Å². The van der Waals surface area contributed by atoms with Crippen molar-refractivity contribution in [3.8, 4) is 0 Å². The molecule has 0 bridgehead atoms. The Kier molecular flexibility index (Phi) is 2.93. The number of rotatable bonds is 2. The Morgan fingerprint density at radius 2 is 2.43 bits per heavy atom. The molecule has 0 aromatic carbocycles. The van der Waals surface area contributed by atoms with E-state index >= 15 is 0 Å². The van der Waals surface area contributed by atoms with E-state index in [1.165, 1.54) is 16.8 Å². The number of thioether (sulfide) groups is 1. The summed E-state index contributed by atoms with van der Waals surface area (Å²) in [7, 11) is 0. The first-order chi connectivity index (χ1) is 6.77. The molecule has 0 spiro atoms. The van der Waals surface area contributed by atoms with E-state index in [1.807, 2.05) is 0 Å². The van der Waals surface area contributed by atoms with Crippen molar-refractivity contribution in [2.45, 2.75) is 6.42 Å². The number of hydroxylamine groups is 2. The molecule has 0 saturated carbocycles. The molecule has 5 nitrogen and oxygen atoms in total. The molecular formula is C8H12N2O3S. The Morgan fingerprint density at radius 1 is 1.57 bits per heavy atom. The molecule has 0 radical (unpaired) electrons. The van der Waals surface area contributed by atoms with Gasteiger partial charge in [-0.15, -0.1) is 11.8 Å². The molecule has 0 aromatic rings. The van der Waals surface area contributed by atoms with E-state index in [-0.39, 0.29) is 18.4 Å². The zero-order chi connectivity index (χ0) is 9.97. The molecule has 2 fully saturated rings. The molecule has 2 rings (SSSR count). The van der Waals surface area contributed by atoms with Gasteiger partial charge in [-0.25, -0.2) is 5.06 Å². The van der Waals surface area contributed by atoms with Crippen LogP contribution in [0.25, 0.3) is 0 Å². The largest absolute Gasteiger partial charge is 0.323 e. The third-order valence-electron chi connectivity index (χ3n) is 2.18. The summed E-state index contributed by atoms with van der Waals surface area (Å²) in [5.41, 5.74) is 0. The molecule has 0 atom stereocenters. The molecule has 0 N–H and O–H groups in total. The first kappa shape index (κ1) is 9.79. The SMILES string of the molecule is O=C1CSCN1CC(=O)N1CCCO1. The summed E-state index contributed by atoms with van der Waals surface area (Å²) in [6.45, 7) is 1.41. The van der Waals surface area contributed by atoms with E-state index < -0.39 is 0 Å². The van der Waals surface area contributed by atoms with Crippen LogP contribution in [0.5, 0.6) is 0 Å². The molecule has 2 aliphatic heterocycles. The summed E-state index contributed by atoms with van der Waals surface area (Å²) < 4.78 is 0. The lowest BCUT2D eigenvalue weighted by atomic mass is 10.4. The Hall–Kier alpha value is -0.750. The molecule has 2 amide bonds. The fraction of sp³-hybridized carbons (Fsp3) is 0.750. The summed E-state index contributed by atoms with van der Waals surface area (Å²) in [4.78, 5) is 29.4. The van der Waals surface area contributed by atoms with Crippen molar-refractivity contribution in [3.63, 3.8) is 0 Å². The summed E-state index contributed by atoms with van der Waals surface area (Å²) >= 11 is 1.54. The van der Waals surface area contributed by atoms with Crippen molar-refractivity contribution >= 4 is 23.6 Å². The minimum absolute atomic E-state index is 0.0440. The molecule has 0 aromatic heterocycles. The third-order valence-corrected chi connectivity index (χ3v) is 3.13. The van der Waals surface area contributed by atoms with Crippen LogP contribution in [0.4, 0.5) is 0 Å². The molecule has 6 heteroatoms. The van der Waals surface area contributed by atoms with Gasteiger partial charge < -0.3 is 4.90 Å². The van der Waals surface area contributed by atoms with Gasteiger partial charge in [-0.05, 0) is 6.42 Å². The lowest BCUT2D eigenvalue weighted by Crippen LogP contribution is -2.39. The Balaban J connectivity index is 1.84. The van der Waals surface area contributed by atoms with Crippen molar-refractivity contribution in [1.29, 1.82) is 0 Å². The molecule has 0 aliphatic carbocycles. The Morgan fingerprint density at radius 3 is 3.00 bits per heavy atom. The van der Waals surface area contributed by atoms with Crippen LogP contribution in [0.15, 0.2) is 0 Å². The van der Waals surface area contributed by atoms with E-state index in [4.69, 9.17) is 4.84 Å². The van der Waals surface area contributed by atoms with Crippen LogP contribution >= 0.6 is 11.8 Å². The lowest BCUT2D eigenvalue weighted by Gasteiger charge is -2.18. The second-order valence-corrected chi connectivity index (χ2v) is 4.21. The summed E-state index contributed by atoms with van der Waals surface area (Å²) in [5, 5.41) is 1.36. The van der Waals surface area contributed by atoms with Crippen LogP contribution in [0, 0.1) is 0 Å². The number of hydrogen-bond donors (Lipinski definition) is 0. The zero-order valence-corrected chi connectivity index (χ0v) is 8.59. The highest BCUT2D eigenvalue weighted by atomic mass is 32.2. The predicted octanol–water partition coefficient (Wildman–Crippen LogP) is -0.317. The summed E-state index contributed by atoms with van der Waals surface area (Å²) in [5.74, 6) is 1.05. The number of amides is 2. The number of carbonyl (C=O) groups excluding carboxylic acids is 2. The van der Waals surface area contributed by atoms with Gasteiger partial charge in [-0.1, -0.05) is 0 Å². The van der Waals surface area contributed by atoms with Gasteiger partial charge in [-0.2, -0.15) is 0 Å². The van der Waals surface area contributed by atoms with E-state index in [0.29, 0.717) is 24.8 Å². The first-order valence-corrected chi connectivity index (χ1v) is 5.71. The zero-order valence-electron chi connectivity index (χ0n) is 7.77. The van der Waals surface area contributed by atoms with Crippen LogP contribution in [0.3, 0.4) is 0 Å². The van der Waals surface area contributed by atoms with Crippen LogP contribution < -0.4 is 0 Å². The molecule has 2 saturated heterocycles. The van der Waals surface area contributed by atoms with Gasteiger partial charge in [0.1, 0.15) is 6.54 Å². The minimum Gasteiger partial charge on any atom is -0.323 e. The number of nitrogens with zero attached hydrogens (tertiary/aromatic N) is 2. The van der Waals surface area contributed by atoms with E-state index in [0.717, 1.165) is 6.42 Å². The van der Waals surface area contributed by atoms with E-state index in [1.54, 1.807) is 4.90 Å². The van der Waals surface area contributed by atoms with Crippen molar-refractivity contribution in [3.05, 3.63) is 0 Å². The van der Waals surface area contributed by atoms with Crippen LogP contribution in [0.2, 0.25) is 0 Å². The Bertz CT molecular complexity index is 253. The monoisotopic (exact) mass is 216 g/mol. The Labute approximate surface area is 86.3 Å². The topological polar surface area (TPSA) is 49.9 Å². The summed E-state index contributed by atoms with van der Waals surface area (Å²) in [6, 6.07) is 0. The van der Waals surface area contributed by atoms with E-state index in [2.05, 4.69) is 0 Å². The number of carbonyl (C=O) groups is 2. The second-order valence-electron chi connectivity index (χ2n) is 3.25. The molecule has 78 valence electrons. The maximum absolute atomic E-state index is 11.5. The van der Waals surface area contributed by atoms with Gasteiger partial charge >= 0.3 is 0 Å². The average Bonchev–Trinajstić information content (AvgIpc) is 2.77. The highest BCUT2D eigenvalue weighted by Gasteiger charge is 2.27. The third kappa shape index (κ3) is 2.01. The fourth-order valence-corrected chi connectivity index (χ4v) is 2.33. The highest BCUT2D eigenvalue weighted by molar-refractivity contribution is 8.00. The van der Waals surface area contributed by atoms with Crippen molar-refractivity contribution in [2.24, 2.45) is 0 Å². The van der Waals surface area contributed by atoms with E-state index in [9.17, 15) is 9.59 Å².